The Morgan fingerprint density at radius 3 is 3.00 bits per heavy atom. The fraction of sp³-hybridized carbons (Fsp3) is 0.556. The molecular weight excluding hydrogens is 306 g/mol. The first kappa shape index (κ1) is 16.8. The molecule has 2 amide bonds. The smallest absolute Gasteiger partial charge is 0.224 e. The van der Waals surface area contributed by atoms with Crippen LogP contribution in [-0.4, -0.2) is 31.0 Å². The van der Waals surface area contributed by atoms with Gasteiger partial charge in [0.1, 0.15) is 5.75 Å². The summed E-state index contributed by atoms with van der Waals surface area (Å²) in [5, 5.41) is 5.73. The predicted molar refractivity (Wildman–Crippen MR) is 91.8 cm³/mol. The first-order valence-electron chi connectivity index (χ1n) is 8.69. The molecule has 6 nitrogen and oxygen atoms in total. The van der Waals surface area contributed by atoms with Gasteiger partial charge in [-0.3, -0.25) is 9.59 Å². The number of rotatable bonds is 8. The zero-order valence-corrected chi connectivity index (χ0v) is 13.8. The minimum absolute atomic E-state index is 0.0304. The Morgan fingerprint density at radius 2 is 2.21 bits per heavy atom. The number of nitrogens with two attached hydrogens (primary N) is 1. The van der Waals surface area contributed by atoms with Crippen LogP contribution in [0.4, 0.5) is 5.69 Å². The van der Waals surface area contributed by atoms with Crippen molar-refractivity contribution in [2.45, 2.75) is 44.6 Å². The van der Waals surface area contributed by atoms with Gasteiger partial charge in [0, 0.05) is 31.1 Å². The van der Waals surface area contributed by atoms with Gasteiger partial charge in [0.2, 0.25) is 11.8 Å². The molecule has 1 aliphatic heterocycles. The lowest BCUT2D eigenvalue weighted by Crippen LogP contribution is -2.38. The highest BCUT2D eigenvalue weighted by atomic mass is 16.5. The van der Waals surface area contributed by atoms with Crippen LogP contribution in [0.2, 0.25) is 0 Å². The number of fused-ring (bicyclic) bond motifs is 1. The van der Waals surface area contributed by atoms with Crippen LogP contribution in [-0.2, 0) is 16.0 Å². The molecule has 4 N–H and O–H groups in total. The van der Waals surface area contributed by atoms with Gasteiger partial charge >= 0.3 is 0 Å². The normalized spacial score (nSPS) is 17.6. The second-order valence-corrected chi connectivity index (χ2v) is 6.62. The van der Waals surface area contributed by atoms with Crippen LogP contribution < -0.4 is 21.1 Å². The Morgan fingerprint density at radius 1 is 1.38 bits per heavy atom. The summed E-state index contributed by atoms with van der Waals surface area (Å²) in [4.78, 5) is 23.1. The fourth-order valence-corrected chi connectivity index (χ4v) is 2.88. The van der Waals surface area contributed by atoms with E-state index >= 15 is 0 Å². The topological polar surface area (TPSA) is 93.4 Å². The monoisotopic (exact) mass is 331 g/mol. The van der Waals surface area contributed by atoms with E-state index in [1.807, 2.05) is 18.2 Å². The molecule has 1 aromatic carbocycles. The van der Waals surface area contributed by atoms with E-state index in [1.165, 1.54) is 12.8 Å². The van der Waals surface area contributed by atoms with E-state index in [9.17, 15) is 9.59 Å². The summed E-state index contributed by atoms with van der Waals surface area (Å²) in [6, 6.07) is 5.78. The molecule has 0 aromatic heterocycles. The third kappa shape index (κ3) is 4.71. The van der Waals surface area contributed by atoms with Crippen molar-refractivity contribution in [3.05, 3.63) is 23.8 Å². The van der Waals surface area contributed by atoms with Crippen LogP contribution in [0.25, 0.3) is 0 Å². The van der Waals surface area contributed by atoms with Gasteiger partial charge in [-0.1, -0.05) is 0 Å². The largest absolute Gasteiger partial charge is 0.494 e. The number of nitrogens with one attached hydrogen (secondary N) is 2. The van der Waals surface area contributed by atoms with Gasteiger partial charge in [-0.05, 0) is 55.4 Å². The van der Waals surface area contributed by atoms with Crippen LogP contribution in [0.3, 0.4) is 0 Å². The molecular formula is C18H25N3O3. The number of ether oxygens (including phenoxy) is 1. The van der Waals surface area contributed by atoms with E-state index in [0.29, 0.717) is 38.3 Å². The maximum Gasteiger partial charge on any atom is 0.224 e. The second-order valence-electron chi connectivity index (χ2n) is 6.62. The summed E-state index contributed by atoms with van der Waals surface area (Å²) in [6.45, 7) is 1.06. The molecule has 1 heterocycles. The summed E-state index contributed by atoms with van der Waals surface area (Å²) in [5.74, 6) is 1.47. The van der Waals surface area contributed by atoms with Crippen molar-refractivity contribution in [2.75, 3.05) is 18.5 Å². The van der Waals surface area contributed by atoms with Crippen LogP contribution in [0.1, 0.15) is 37.7 Å². The van der Waals surface area contributed by atoms with Crippen molar-refractivity contribution in [3.8, 4) is 5.75 Å². The quantitative estimate of drug-likeness (QED) is 0.631. The maximum atomic E-state index is 11.8. The van der Waals surface area contributed by atoms with Gasteiger partial charge in [0.15, 0.2) is 0 Å². The Kier molecular flexibility index (Phi) is 5.35. The minimum Gasteiger partial charge on any atom is -0.494 e. The summed E-state index contributed by atoms with van der Waals surface area (Å²) in [5.41, 5.74) is 7.92. The summed E-state index contributed by atoms with van der Waals surface area (Å²) >= 11 is 0. The van der Waals surface area contributed by atoms with Crippen molar-refractivity contribution >= 4 is 17.5 Å². The lowest BCUT2D eigenvalue weighted by atomic mass is 10.0. The average Bonchev–Trinajstić information content (AvgIpc) is 3.41. The van der Waals surface area contributed by atoms with Crippen molar-refractivity contribution < 1.29 is 14.3 Å². The highest BCUT2D eigenvalue weighted by Gasteiger charge is 2.28. The molecule has 0 saturated heterocycles. The number of hydrogen-bond acceptors (Lipinski definition) is 4. The van der Waals surface area contributed by atoms with Gasteiger partial charge in [0.25, 0.3) is 0 Å². The first-order chi connectivity index (χ1) is 11.6. The Bertz CT molecular complexity index is 614. The zero-order valence-electron chi connectivity index (χ0n) is 13.8. The van der Waals surface area contributed by atoms with Crippen molar-refractivity contribution in [3.63, 3.8) is 0 Å². The Labute approximate surface area is 142 Å². The number of carbonyl (C=O) groups is 2. The highest BCUT2D eigenvalue weighted by Crippen LogP contribution is 2.31. The first-order valence-corrected chi connectivity index (χ1v) is 8.69. The van der Waals surface area contributed by atoms with Crippen molar-refractivity contribution in [1.82, 2.24) is 5.32 Å². The molecule has 1 aliphatic carbocycles. The molecule has 1 atom stereocenters. The SMILES string of the molecule is NC(CNC(=O)CCCOc1ccc2c(c1)CCC(=O)N2)C1CC1. The maximum absolute atomic E-state index is 11.8. The molecule has 1 fully saturated rings. The van der Waals surface area contributed by atoms with E-state index in [1.54, 1.807) is 0 Å². The Hall–Kier alpha value is -2.08. The molecule has 1 aromatic rings. The third-order valence-corrected chi connectivity index (χ3v) is 4.55. The lowest BCUT2D eigenvalue weighted by Gasteiger charge is -2.17. The number of aryl methyl sites for hydroxylation is 1. The van der Waals surface area contributed by atoms with Crippen molar-refractivity contribution in [2.24, 2.45) is 11.7 Å². The predicted octanol–water partition coefficient (Wildman–Crippen LogP) is 1.58. The fourth-order valence-electron chi connectivity index (χ4n) is 2.88. The van der Waals surface area contributed by atoms with E-state index in [2.05, 4.69) is 10.6 Å². The molecule has 2 aliphatic rings. The second kappa shape index (κ2) is 7.66. The van der Waals surface area contributed by atoms with Gasteiger partial charge in [-0.2, -0.15) is 0 Å². The molecule has 3 rings (SSSR count). The van der Waals surface area contributed by atoms with Gasteiger partial charge < -0.3 is 21.1 Å². The molecule has 0 radical (unpaired) electrons. The van der Waals surface area contributed by atoms with E-state index < -0.39 is 0 Å². The van der Waals surface area contributed by atoms with E-state index in [0.717, 1.165) is 23.4 Å². The van der Waals surface area contributed by atoms with E-state index in [4.69, 9.17) is 10.5 Å². The summed E-state index contributed by atoms with van der Waals surface area (Å²) < 4.78 is 5.71. The average molecular weight is 331 g/mol. The summed E-state index contributed by atoms with van der Waals surface area (Å²) in [7, 11) is 0. The zero-order chi connectivity index (χ0) is 16.9. The van der Waals surface area contributed by atoms with Gasteiger partial charge in [-0.25, -0.2) is 0 Å². The van der Waals surface area contributed by atoms with Gasteiger partial charge in [0.05, 0.1) is 6.61 Å². The molecule has 1 saturated carbocycles. The number of carbonyl (C=O) groups excluding carboxylic acids is 2. The van der Waals surface area contributed by atoms with Gasteiger partial charge in [-0.15, -0.1) is 0 Å². The summed E-state index contributed by atoms with van der Waals surface area (Å²) in [6.07, 6.45) is 4.74. The molecule has 0 spiro atoms. The molecule has 6 heteroatoms. The van der Waals surface area contributed by atoms with Crippen LogP contribution in [0.15, 0.2) is 18.2 Å². The van der Waals surface area contributed by atoms with Crippen molar-refractivity contribution in [1.29, 1.82) is 0 Å². The number of anilines is 1. The number of hydrogen-bond donors (Lipinski definition) is 3. The van der Waals surface area contributed by atoms with Crippen LogP contribution >= 0.6 is 0 Å². The standard InChI is InChI=1S/C18H25N3O3/c19-15(12-3-4-12)11-20-17(22)2-1-9-24-14-6-7-16-13(10-14)5-8-18(23)21-16/h6-7,10,12,15H,1-5,8-9,11,19H2,(H,20,22)(H,21,23). The van der Waals surface area contributed by atoms with Crippen LogP contribution in [0, 0.1) is 5.92 Å². The molecule has 1 unspecified atom stereocenters. The number of benzene rings is 1. The molecule has 0 bridgehead atoms. The van der Waals surface area contributed by atoms with E-state index in [-0.39, 0.29) is 17.9 Å². The number of amides is 2. The van der Waals surface area contributed by atoms with Crippen LogP contribution in [0.5, 0.6) is 5.75 Å². The Balaban J connectivity index is 1.34. The molecule has 24 heavy (non-hydrogen) atoms. The molecule has 130 valence electrons. The third-order valence-electron chi connectivity index (χ3n) is 4.55. The highest BCUT2D eigenvalue weighted by molar-refractivity contribution is 5.94. The lowest BCUT2D eigenvalue weighted by molar-refractivity contribution is -0.121. The minimum atomic E-state index is 0.0304.